The van der Waals surface area contributed by atoms with E-state index in [-0.39, 0.29) is 11.3 Å². The number of nitrogens with zero attached hydrogens (tertiary/aromatic N) is 2. The summed E-state index contributed by atoms with van der Waals surface area (Å²) in [6.45, 7) is 5.95. The molecule has 1 atom stereocenters. The van der Waals surface area contributed by atoms with E-state index in [2.05, 4.69) is 0 Å². The number of amides is 1. The van der Waals surface area contributed by atoms with Crippen molar-refractivity contribution in [2.45, 2.75) is 26.8 Å². The van der Waals surface area contributed by atoms with Crippen molar-refractivity contribution in [2.24, 2.45) is 0 Å². The van der Waals surface area contributed by atoms with Gasteiger partial charge in [0, 0.05) is 10.6 Å². The van der Waals surface area contributed by atoms with Crippen molar-refractivity contribution in [3.63, 3.8) is 0 Å². The van der Waals surface area contributed by atoms with Crippen LogP contribution in [0.2, 0.25) is 5.02 Å². The summed E-state index contributed by atoms with van der Waals surface area (Å²) in [5.74, 6) is -1.70. The predicted molar refractivity (Wildman–Crippen MR) is 137 cm³/mol. The summed E-state index contributed by atoms with van der Waals surface area (Å²) in [6.07, 6.45) is 0. The van der Waals surface area contributed by atoms with Crippen LogP contribution in [0.5, 0.6) is 0 Å². The van der Waals surface area contributed by atoms with Crippen molar-refractivity contribution >= 4 is 55.7 Å². The lowest BCUT2D eigenvalue weighted by Gasteiger charge is -2.23. The molecule has 1 fully saturated rings. The summed E-state index contributed by atoms with van der Waals surface area (Å²) < 4.78 is 0.940. The van der Waals surface area contributed by atoms with E-state index >= 15 is 0 Å². The van der Waals surface area contributed by atoms with Gasteiger partial charge in [0.1, 0.15) is 5.76 Å². The molecule has 0 saturated carbocycles. The molecule has 34 heavy (non-hydrogen) atoms. The average molecular weight is 489 g/mol. The van der Waals surface area contributed by atoms with Gasteiger partial charge in [-0.3, -0.25) is 14.5 Å². The van der Waals surface area contributed by atoms with Gasteiger partial charge in [-0.15, -0.1) is 0 Å². The number of halogens is 1. The van der Waals surface area contributed by atoms with Gasteiger partial charge in [-0.2, -0.15) is 0 Å². The average Bonchev–Trinajstić information content (AvgIpc) is 3.33. The number of thiazole rings is 1. The molecular formula is C27H21ClN2O3S. The van der Waals surface area contributed by atoms with Crippen molar-refractivity contribution in [2.75, 3.05) is 4.90 Å². The third-order valence-corrected chi connectivity index (χ3v) is 7.23. The maximum absolute atomic E-state index is 13.4. The van der Waals surface area contributed by atoms with E-state index < -0.39 is 17.7 Å². The van der Waals surface area contributed by atoms with E-state index in [1.54, 1.807) is 24.3 Å². The lowest BCUT2D eigenvalue weighted by atomic mass is 9.95. The fraction of sp³-hybridized carbons (Fsp3) is 0.148. The smallest absolute Gasteiger partial charge is 0.301 e. The molecule has 1 aromatic heterocycles. The van der Waals surface area contributed by atoms with E-state index in [4.69, 9.17) is 16.6 Å². The van der Waals surface area contributed by atoms with Gasteiger partial charge in [0.2, 0.25) is 0 Å². The minimum atomic E-state index is -0.807. The number of aliphatic hydroxyl groups is 1. The van der Waals surface area contributed by atoms with Gasteiger partial charge in [0.05, 0.1) is 21.8 Å². The predicted octanol–water partition coefficient (Wildman–Crippen LogP) is 6.50. The first-order valence-corrected chi connectivity index (χ1v) is 12.0. The molecule has 170 valence electrons. The molecule has 5 nitrogen and oxygen atoms in total. The van der Waals surface area contributed by atoms with E-state index in [1.165, 1.54) is 16.2 Å². The number of carbonyl (C=O) groups is 2. The van der Waals surface area contributed by atoms with Crippen molar-refractivity contribution in [3.8, 4) is 0 Å². The van der Waals surface area contributed by atoms with Gasteiger partial charge < -0.3 is 5.11 Å². The Labute approximate surface area is 205 Å². The SMILES string of the molecule is Cc1ccc([C@@H]2C(=C(O)c3ccc(Cl)cc3)C(=O)C(=O)N2c2nc3c(C)cc(C)cc3s2)cc1. The number of benzene rings is 3. The van der Waals surface area contributed by atoms with Crippen molar-refractivity contribution in [1.29, 1.82) is 0 Å². The van der Waals surface area contributed by atoms with Crippen molar-refractivity contribution < 1.29 is 14.7 Å². The Morgan fingerprint density at radius 1 is 0.971 bits per heavy atom. The largest absolute Gasteiger partial charge is 0.507 e. The van der Waals surface area contributed by atoms with E-state index in [0.717, 1.165) is 26.9 Å². The van der Waals surface area contributed by atoms with E-state index in [1.807, 2.05) is 57.2 Å². The topological polar surface area (TPSA) is 70.5 Å². The molecule has 1 saturated heterocycles. The normalized spacial score (nSPS) is 17.6. The molecule has 7 heteroatoms. The van der Waals surface area contributed by atoms with Crippen LogP contribution in [0.1, 0.15) is 33.9 Å². The zero-order chi connectivity index (χ0) is 24.1. The number of aliphatic hydroxyl groups excluding tert-OH is 1. The van der Waals surface area contributed by atoms with Crippen LogP contribution in [0.3, 0.4) is 0 Å². The first kappa shape index (κ1) is 22.3. The number of carbonyl (C=O) groups excluding carboxylic acids is 2. The Morgan fingerprint density at radius 2 is 1.65 bits per heavy atom. The first-order valence-electron chi connectivity index (χ1n) is 10.8. The number of rotatable bonds is 3. The number of anilines is 1. The quantitative estimate of drug-likeness (QED) is 0.203. The second-order valence-corrected chi connectivity index (χ2v) is 9.96. The molecule has 0 spiro atoms. The number of ketones is 1. The van der Waals surface area contributed by atoms with Gasteiger partial charge in [0.25, 0.3) is 5.78 Å². The molecular weight excluding hydrogens is 468 g/mol. The highest BCUT2D eigenvalue weighted by Gasteiger charge is 2.48. The molecule has 3 aromatic carbocycles. The lowest BCUT2D eigenvalue weighted by molar-refractivity contribution is -0.132. The molecule has 0 unspecified atom stereocenters. The summed E-state index contributed by atoms with van der Waals surface area (Å²) in [5.41, 5.74) is 5.10. The molecule has 0 radical (unpaired) electrons. The maximum Gasteiger partial charge on any atom is 0.301 e. The lowest BCUT2D eigenvalue weighted by Crippen LogP contribution is -2.29. The van der Waals surface area contributed by atoms with Crippen molar-refractivity contribution in [3.05, 3.63) is 99.1 Å². The minimum absolute atomic E-state index is 0.0309. The number of hydrogen-bond donors (Lipinski definition) is 1. The van der Waals surface area contributed by atoms with E-state index in [9.17, 15) is 14.7 Å². The monoisotopic (exact) mass is 488 g/mol. The summed E-state index contributed by atoms with van der Waals surface area (Å²) >= 11 is 7.36. The Hall–Kier alpha value is -3.48. The first-order chi connectivity index (χ1) is 16.2. The Bertz CT molecular complexity index is 1490. The van der Waals surface area contributed by atoms with Crippen LogP contribution in [0.25, 0.3) is 16.0 Å². The highest BCUT2D eigenvalue weighted by atomic mass is 35.5. The second-order valence-electron chi connectivity index (χ2n) is 8.51. The van der Waals surface area contributed by atoms with Crippen LogP contribution in [-0.2, 0) is 9.59 Å². The highest BCUT2D eigenvalue weighted by Crippen LogP contribution is 2.44. The standard InChI is InChI=1S/C27H21ClN2O3S/c1-14-4-6-17(7-5-14)23-21(24(31)18-8-10-19(28)11-9-18)25(32)26(33)30(23)27-29-22-16(3)12-15(2)13-20(22)34-27/h4-13,23,31H,1-3H3/t23-/m1/s1. The van der Waals surface area contributed by atoms with Crippen LogP contribution in [0.15, 0.2) is 66.2 Å². The van der Waals surface area contributed by atoms with Crippen LogP contribution < -0.4 is 4.90 Å². The number of fused-ring (bicyclic) bond motifs is 1. The van der Waals surface area contributed by atoms with Gasteiger partial charge in [-0.25, -0.2) is 4.98 Å². The molecule has 0 aliphatic carbocycles. The molecule has 2 heterocycles. The zero-order valence-corrected chi connectivity index (χ0v) is 20.4. The Balaban J connectivity index is 1.74. The van der Waals surface area contributed by atoms with Gasteiger partial charge in [-0.05, 0) is 67.8 Å². The zero-order valence-electron chi connectivity index (χ0n) is 18.8. The molecule has 1 N–H and O–H groups in total. The molecule has 0 bridgehead atoms. The van der Waals surface area contributed by atoms with Gasteiger partial charge in [-0.1, -0.05) is 58.8 Å². The van der Waals surface area contributed by atoms with Gasteiger partial charge >= 0.3 is 5.91 Å². The molecule has 1 aliphatic rings. The second kappa shape index (κ2) is 8.38. The molecule has 5 rings (SSSR count). The fourth-order valence-electron chi connectivity index (χ4n) is 4.32. The third kappa shape index (κ3) is 3.69. The van der Waals surface area contributed by atoms with E-state index in [0.29, 0.717) is 21.3 Å². The van der Waals surface area contributed by atoms with Crippen LogP contribution >= 0.6 is 22.9 Å². The number of aromatic nitrogens is 1. The maximum atomic E-state index is 13.4. The number of aryl methyl sites for hydroxylation is 3. The number of hydrogen-bond acceptors (Lipinski definition) is 5. The highest BCUT2D eigenvalue weighted by molar-refractivity contribution is 7.22. The number of Topliss-reactive ketones (excluding diaryl/α,β-unsaturated/α-hetero) is 1. The van der Waals surface area contributed by atoms with Crippen LogP contribution in [0, 0.1) is 20.8 Å². The van der Waals surface area contributed by atoms with Crippen molar-refractivity contribution in [1.82, 2.24) is 4.98 Å². The molecule has 1 amide bonds. The summed E-state index contributed by atoms with van der Waals surface area (Å²) in [4.78, 5) is 32.8. The summed E-state index contributed by atoms with van der Waals surface area (Å²) in [5, 5.41) is 12.1. The Morgan fingerprint density at radius 3 is 2.32 bits per heavy atom. The Kier molecular flexibility index (Phi) is 5.50. The third-order valence-electron chi connectivity index (χ3n) is 5.98. The van der Waals surface area contributed by atoms with Crippen LogP contribution in [-0.4, -0.2) is 21.8 Å². The molecule has 4 aromatic rings. The van der Waals surface area contributed by atoms with Gasteiger partial charge in [0.15, 0.2) is 5.13 Å². The fourth-order valence-corrected chi connectivity index (χ4v) is 5.61. The molecule has 1 aliphatic heterocycles. The summed E-state index contributed by atoms with van der Waals surface area (Å²) in [7, 11) is 0. The minimum Gasteiger partial charge on any atom is -0.507 e. The van der Waals surface area contributed by atoms with Crippen LogP contribution in [0.4, 0.5) is 5.13 Å². The summed E-state index contributed by atoms with van der Waals surface area (Å²) in [6, 6.07) is 17.4.